The first-order valence-corrected chi connectivity index (χ1v) is 6.01. The van der Waals surface area contributed by atoms with Gasteiger partial charge in [-0.1, -0.05) is 6.92 Å². The summed E-state index contributed by atoms with van der Waals surface area (Å²) in [7, 11) is 0. The number of anilines is 1. The molecule has 0 unspecified atom stereocenters. The zero-order chi connectivity index (χ0) is 12.7. The molecule has 0 atom stereocenters. The van der Waals surface area contributed by atoms with Crippen LogP contribution in [0.15, 0.2) is 0 Å². The molecule has 0 aliphatic heterocycles. The van der Waals surface area contributed by atoms with E-state index in [9.17, 15) is 0 Å². The van der Waals surface area contributed by atoms with Gasteiger partial charge in [-0.2, -0.15) is 4.98 Å². The van der Waals surface area contributed by atoms with Crippen LogP contribution < -0.4 is 10.1 Å². The van der Waals surface area contributed by atoms with Crippen molar-refractivity contribution in [1.82, 2.24) is 9.97 Å². The molecule has 0 fully saturated rings. The van der Waals surface area contributed by atoms with Gasteiger partial charge in [-0.05, 0) is 20.3 Å². The molecule has 2 N–H and O–H groups in total. The second kappa shape index (κ2) is 7.06. The van der Waals surface area contributed by atoms with Crippen LogP contribution in [0, 0.1) is 13.8 Å². The fourth-order valence-corrected chi connectivity index (χ4v) is 1.39. The summed E-state index contributed by atoms with van der Waals surface area (Å²) in [6.07, 6.45) is 1.66. The van der Waals surface area contributed by atoms with Crippen LogP contribution in [0.4, 0.5) is 5.82 Å². The SMILES string of the molecule is CCCNc1nc(C)nc(OCCCO)c1C. The molecule has 5 nitrogen and oxygen atoms in total. The van der Waals surface area contributed by atoms with Crippen molar-refractivity contribution in [3.63, 3.8) is 0 Å². The molecule has 5 heteroatoms. The van der Waals surface area contributed by atoms with Crippen LogP contribution in [-0.2, 0) is 0 Å². The molecule has 0 spiro atoms. The lowest BCUT2D eigenvalue weighted by Gasteiger charge is -2.12. The number of ether oxygens (including phenoxy) is 1. The summed E-state index contributed by atoms with van der Waals surface area (Å²) in [5.41, 5.74) is 0.919. The Bertz CT molecular complexity index is 356. The minimum Gasteiger partial charge on any atom is -0.477 e. The summed E-state index contributed by atoms with van der Waals surface area (Å²) in [5, 5.41) is 12.0. The van der Waals surface area contributed by atoms with E-state index >= 15 is 0 Å². The molecule has 0 aliphatic carbocycles. The molecule has 17 heavy (non-hydrogen) atoms. The summed E-state index contributed by atoms with van der Waals surface area (Å²) < 4.78 is 5.53. The number of nitrogens with zero attached hydrogens (tertiary/aromatic N) is 2. The smallest absolute Gasteiger partial charge is 0.221 e. The molecule has 0 radical (unpaired) electrons. The molecule has 0 aromatic carbocycles. The second-order valence-corrected chi connectivity index (χ2v) is 3.90. The van der Waals surface area contributed by atoms with Gasteiger partial charge in [0.15, 0.2) is 0 Å². The Morgan fingerprint density at radius 1 is 1.29 bits per heavy atom. The van der Waals surface area contributed by atoms with Crippen LogP contribution in [0.2, 0.25) is 0 Å². The number of aryl methyl sites for hydroxylation is 1. The van der Waals surface area contributed by atoms with Crippen LogP contribution in [0.5, 0.6) is 5.88 Å². The molecule has 1 aromatic rings. The van der Waals surface area contributed by atoms with E-state index in [-0.39, 0.29) is 6.61 Å². The maximum absolute atomic E-state index is 8.71. The van der Waals surface area contributed by atoms with Gasteiger partial charge < -0.3 is 15.2 Å². The van der Waals surface area contributed by atoms with Crippen LogP contribution in [-0.4, -0.2) is 34.8 Å². The van der Waals surface area contributed by atoms with Gasteiger partial charge >= 0.3 is 0 Å². The normalized spacial score (nSPS) is 10.4. The Balaban J connectivity index is 2.77. The minimum absolute atomic E-state index is 0.129. The fraction of sp³-hybridized carbons (Fsp3) is 0.667. The first-order valence-electron chi connectivity index (χ1n) is 6.01. The average Bonchev–Trinajstić information content (AvgIpc) is 2.31. The minimum atomic E-state index is 0.129. The van der Waals surface area contributed by atoms with Gasteiger partial charge in [0.25, 0.3) is 0 Å². The monoisotopic (exact) mass is 239 g/mol. The Morgan fingerprint density at radius 2 is 2.06 bits per heavy atom. The third kappa shape index (κ3) is 4.19. The number of hydrogen-bond donors (Lipinski definition) is 2. The summed E-state index contributed by atoms with van der Waals surface area (Å²) >= 11 is 0. The standard InChI is InChI=1S/C12H21N3O2/c1-4-6-13-11-9(2)12(15-10(3)14-11)17-8-5-7-16/h16H,4-8H2,1-3H3,(H,13,14,15). The van der Waals surface area contributed by atoms with Gasteiger partial charge in [0.1, 0.15) is 11.6 Å². The van der Waals surface area contributed by atoms with Crippen molar-refractivity contribution in [1.29, 1.82) is 0 Å². The lowest BCUT2D eigenvalue weighted by atomic mass is 10.3. The average molecular weight is 239 g/mol. The highest BCUT2D eigenvalue weighted by molar-refractivity contribution is 5.48. The van der Waals surface area contributed by atoms with Crippen molar-refractivity contribution in [2.75, 3.05) is 25.1 Å². The van der Waals surface area contributed by atoms with Crippen LogP contribution in [0.25, 0.3) is 0 Å². The quantitative estimate of drug-likeness (QED) is 0.709. The lowest BCUT2D eigenvalue weighted by molar-refractivity contribution is 0.228. The highest BCUT2D eigenvalue weighted by atomic mass is 16.5. The molecule has 1 rings (SSSR count). The first kappa shape index (κ1) is 13.7. The van der Waals surface area contributed by atoms with Crippen molar-refractivity contribution in [3.05, 3.63) is 11.4 Å². The number of rotatable bonds is 7. The van der Waals surface area contributed by atoms with Crippen molar-refractivity contribution in [2.45, 2.75) is 33.6 Å². The molecular formula is C12H21N3O2. The molecule has 0 amide bonds. The number of aliphatic hydroxyl groups is 1. The zero-order valence-corrected chi connectivity index (χ0v) is 10.8. The summed E-state index contributed by atoms with van der Waals surface area (Å²) in [4.78, 5) is 8.61. The van der Waals surface area contributed by atoms with E-state index < -0.39 is 0 Å². The van der Waals surface area contributed by atoms with Crippen LogP contribution in [0.3, 0.4) is 0 Å². The van der Waals surface area contributed by atoms with Crippen molar-refractivity contribution < 1.29 is 9.84 Å². The van der Waals surface area contributed by atoms with Crippen LogP contribution >= 0.6 is 0 Å². The molecule has 1 aromatic heterocycles. The van der Waals surface area contributed by atoms with Gasteiger partial charge in [0.05, 0.1) is 12.2 Å². The van der Waals surface area contributed by atoms with E-state index in [0.29, 0.717) is 24.7 Å². The molecule has 1 heterocycles. The number of hydrogen-bond acceptors (Lipinski definition) is 5. The molecular weight excluding hydrogens is 218 g/mol. The third-order valence-corrected chi connectivity index (χ3v) is 2.30. The first-order chi connectivity index (χ1) is 8.19. The molecule has 96 valence electrons. The van der Waals surface area contributed by atoms with E-state index in [1.165, 1.54) is 0 Å². The Labute approximate surface area is 102 Å². The number of aliphatic hydroxyl groups excluding tert-OH is 1. The molecule has 0 aliphatic rings. The zero-order valence-electron chi connectivity index (χ0n) is 10.8. The van der Waals surface area contributed by atoms with E-state index in [0.717, 1.165) is 24.3 Å². The number of nitrogens with one attached hydrogen (secondary N) is 1. The third-order valence-electron chi connectivity index (χ3n) is 2.30. The van der Waals surface area contributed by atoms with Gasteiger partial charge in [-0.25, -0.2) is 4.98 Å². The highest BCUT2D eigenvalue weighted by Gasteiger charge is 2.09. The Hall–Kier alpha value is -1.36. The number of aromatic nitrogens is 2. The highest BCUT2D eigenvalue weighted by Crippen LogP contribution is 2.21. The molecule has 0 saturated heterocycles. The maximum atomic E-state index is 8.71. The topological polar surface area (TPSA) is 67.3 Å². The summed E-state index contributed by atoms with van der Waals surface area (Å²) in [6.45, 7) is 7.37. The lowest BCUT2D eigenvalue weighted by Crippen LogP contribution is -2.09. The van der Waals surface area contributed by atoms with Gasteiger partial charge in [-0.15, -0.1) is 0 Å². The van der Waals surface area contributed by atoms with E-state index in [1.54, 1.807) is 0 Å². The summed E-state index contributed by atoms with van der Waals surface area (Å²) in [6, 6.07) is 0. The Kier molecular flexibility index (Phi) is 5.69. The van der Waals surface area contributed by atoms with Crippen LogP contribution in [0.1, 0.15) is 31.2 Å². The fourth-order valence-electron chi connectivity index (χ4n) is 1.39. The largest absolute Gasteiger partial charge is 0.477 e. The summed E-state index contributed by atoms with van der Waals surface area (Å²) in [5.74, 6) is 2.12. The second-order valence-electron chi connectivity index (χ2n) is 3.90. The van der Waals surface area contributed by atoms with Crippen molar-refractivity contribution in [2.24, 2.45) is 0 Å². The maximum Gasteiger partial charge on any atom is 0.221 e. The Morgan fingerprint density at radius 3 is 2.71 bits per heavy atom. The van der Waals surface area contributed by atoms with Crippen molar-refractivity contribution >= 4 is 5.82 Å². The van der Waals surface area contributed by atoms with Crippen molar-refractivity contribution in [3.8, 4) is 5.88 Å². The predicted molar refractivity (Wildman–Crippen MR) is 67.5 cm³/mol. The predicted octanol–water partition coefficient (Wildman–Crippen LogP) is 1.68. The van der Waals surface area contributed by atoms with Gasteiger partial charge in [-0.3, -0.25) is 0 Å². The van der Waals surface area contributed by atoms with E-state index in [4.69, 9.17) is 9.84 Å². The molecule has 0 bridgehead atoms. The van der Waals surface area contributed by atoms with Gasteiger partial charge in [0, 0.05) is 19.6 Å². The van der Waals surface area contributed by atoms with E-state index in [1.807, 2.05) is 13.8 Å². The van der Waals surface area contributed by atoms with E-state index in [2.05, 4.69) is 22.2 Å². The van der Waals surface area contributed by atoms with Gasteiger partial charge in [0.2, 0.25) is 5.88 Å². The molecule has 0 saturated carbocycles.